The smallest absolute Gasteiger partial charge is 0.243 e. The number of hydrogen-bond acceptors (Lipinski definition) is 3. The van der Waals surface area contributed by atoms with Crippen LogP contribution in [0.25, 0.3) is 0 Å². The second-order valence-corrected chi connectivity index (χ2v) is 3.31. The molecule has 1 N–H and O–H groups in total. The maximum absolute atomic E-state index is 11.3. The minimum absolute atomic E-state index is 0.131. The van der Waals surface area contributed by atoms with Gasteiger partial charge in [-0.2, -0.15) is 0 Å². The summed E-state index contributed by atoms with van der Waals surface area (Å²) in [6, 6.07) is -0.311. The zero-order chi connectivity index (χ0) is 9.42. The number of hydrazine groups is 1. The van der Waals surface area contributed by atoms with Crippen LogP contribution in [0.3, 0.4) is 0 Å². The van der Waals surface area contributed by atoms with Crippen molar-refractivity contribution in [3.05, 3.63) is 4.91 Å². The normalized spacial score (nSPS) is 32.8. The van der Waals surface area contributed by atoms with Crippen molar-refractivity contribution in [1.82, 2.24) is 10.3 Å². The Hall–Kier alpha value is -1.46. The molecule has 2 amide bonds. The molecular weight excluding hydrogens is 174 g/mol. The molecule has 13 heavy (non-hydrogen) atoms. The zero-order valence-corrected chi connectivity index (χ0v) is 6.97. The van der Waals surface area contributed by atoms with Gasteiger partial charge >= 0.3 is 0 Å². The summed E-state index contributed by atoms with van der Waals surface area (Å²) in [6.07, 6.45) is 1.50. The van der Waals surface area contributed by atoms with Gasteiger partial charge in [0.2, 0.25) is 18.4 Å². The largest absolute Gasteiger partial charge is 0.278 e. The van der Waals surface area contributed by atoms with Crippen molar-refractivity contribution in [2.75, 3.05) is 0 Å². The first-order valence-electron chi connectivity index (χ1n) is 4.21. The monoisotopic (exact) mass is 184 g/mol. The lowest BCUT2D eigenvalue weighted by atomic mass is 10.1. The van der Waals surface area contributed by atoms with E-state index in [9.17, 15) is 14.5 Å². The molecule has 0 aromatic rings. The fourth-order valence-corrected chi connectivity index (χ4v) is 1.78. The lowest BCUT2D eigenvalue weighted by Crippen LogP contribution is -2.51. The van der Waals surface area contributed by atoms with Crippen molar-refractivity contribution < 1.29 is 14.5 Å². The van der Waals surface area contributed by atoms with Crippen LogP contribution in [0.4, 0.5) is 0 Å². The van der Waals surface area contributed by atoms with Gasteiger partial charge in [-0.1, -0.05) is 0 Å². The number of hydrogen-bond donors (Lipinski definition) is 1. The van der Waals surface area contributed by atoms with E-state index in [-0.39, 0.29) is 18.4 Å². The van der Waals surface area contributed by atoms with E-state index in [1.165, 1.54) is 0 Å². The highest BCUT2D eigenvalue weighted by atomic mass is 16.3. The topological polar surface area (TPSA) is 69.5 Å². The van der Waals surface area contributed by atoms with Gasteiger partial charge in [0.05, 0.1) is 11.3 Å². The SMILES string of the molecule is O=CN1C(=O)CC2CCC1N[N+]2=O. The number of nitrogens with zero attached hydrogens (tertiary/aromatic N) is 2. The van der Waals surface area contributed by atoms with E-state index in [2.05, 4.69) is 5.43 Å². The molecule has 70 valence electrons. The molecule has 0 aliphatic carbocycles. The summed E-state index contributed by atoms with van der Waals surface area (Å²) in [4.78, 5) is 34.9. The van der Waals surface area contributed by atoms with Crippen LogP contribution in [-0.4, -0.2) is 34.3 Å². The van der Waals surface area contributed by atoms with Gasteiger partial charge in [-0.3, -0.25) is 14.5 Å². The van der Waals surface area contributed by atoms with Crippen LogP contribution >= 0.6 is 0 Å². The Morgan fingerprint density at radius 2 is 2.31 bits per heavy atom. The van der Waals surface area contributed by atoms with Gasteiger partial charge in [0.15, 0.2) is 6.17 Å². The summed E-state index contributed by atoms with van der Waals surface area (Å²) in [6.45, 7) is 0. The average molecular weight is 184 g/mol. The summed E-state index contributed by atoms with van der Waals surface area (Å²) in [5.74, 6) is -0.270. The van der Waals surface area contributed by atoms with E-state index >= 15 is 0 Å². The van der Waals surface area contributed by atoms with E-state index in [0.717, 1.165) is 4.90 Å². The molecular formula is C7H10N3O3+. The number of fused-ring (bicyclic) bond motifs is 4. The Kier molecular flexibility index (Phi) is 1.75. The molecule has 0 saturated carbocycles. The third-order valence-corrected chi connectivity index (χ3v) is 2.53. The number of amides is 2. The van der Waals surface area contributed by atoms with Crippen LogP contribution < -0.4 is 5.43 Å². The van der Waals surface area contributed by atoms with Crippen LogP contribution in [0.15, 0.2) is 0 Å². The maximum Gasteiger partial charge on any atom is 0.243 e. The summed E-state index contributed by atoms with van der Waals surface area (Å²) in [5.41, 5.74) is 2.56. The highest BCUT2D eigenvalue weighted by Gasteiger charge is 2.45. The van der Waals surface area contributed by atoms with Crippen LogP contribution in [-0.2, 0) is 9.59 Å². The maximum atomic E-state index is 11.3. The van der Waals surface area contributed by atoms with Crippen LogP contribution in [0.2, 0.25) is 0 Å². The predicted octanol–water partition coefficient (Wildman–Crippen LogP) is -0.853. The second-order valence-electron chi connectivity index (χ2n) is 3.31. The predicted molar refractivity (Wildman–Crippen MR) is 41.1 cm³/mol. The Morgan fingerprint density at radius 3 is 2.92 bits per heavy atom. The summed E-state index contributed by atoms with van der Waals surface area (Å²) >= 11 is 0. The van der Waals surface area contributed by atoms with E-state index in [1.807, 2.05) is 0 Å². The highest BCUT2D eigenvalue weighted by Crippen LogP contribution is 2.21. The molecule has 2 unspecified atom stereocenters. The Morgan fingerprint density at radius 1 is 1.54 bits per heavy atom. The number of carbonyl (C=O) groups is 2. The van der Waals surface area contributed by atoms with Crippen molar-refractivity contribution in [2.24, 2.45) is 0 Å². The van der Waals surface area contributed by atoms with Crippen LogP contribution in [0.1, 0.15) is 19.3 Å². The molecule has 6 nitrogen and oxygen atoms in total. The molecule has 0 aromatic heterocycles. The minimum atomic E-state index is -0.443. The zero-order valence-electron chi connectivity index (χ0n) is 6.97. The Labute approximate surface area is 74.4 Å². The van der Waals surface area contributed by atoms with Gasteiger partial charge in [-0.15, -0.1) is 5.43 Å². The molecule has 3 rings (SSSR count). The van der Waals surface area contributed by atoms with Crippen LogP contribution in [0.5, 0.6) is 0 Å². The van der Waals surface area contributed by atoms with E-state index in [0.29, 0.717) is 24.1 Å². The van der Waals surface area contributed by atoms with Gasteiger partial charge in [0.25, 0.3) is 0 Å². The van der Waals surface area contributed by atoms with Crippen molar-refractivity contribution in [1.29, 1.82) is 0 Å². The molecule has 0 radical (unpaired) electrons. The molecule has 3 aliphatic heterocycles. The number of nitrogens with one attached hydrogen (secondary N) is 1. The van der Waals surface area contributed by atoms with Crippen molar-refractivity contribution in [2.45, 2.75) is 31.5 Å². The van der Waals surface area contributed by atoms with Gasteiger partial charge in [-0.05, 0) is 6.42 Å². The van der Waals surface area contributed by atoms with Gasteiger partial charge in [-0.25, -0.2) is 0 Å². The quantitative estimate of drug-likeness (QED) is 0.425. The molecule has 3 saturated heterocycles. The van der Waals surface area contributed by atoms with Crippen molar-refractivity contribution in [3.63, 3.8) is 0 Å². The number of rotatable bonds is 1. The number of imide groups is 1. The minimum Gasteiger partial charge on any atom is -0.278 e. The van der Waals surface area contributed by atoms with Crippen molar-refractivity contribution >= 4 is 12.3 Å². The first-order chi connectivity index (χ1) is 6.22. The van der Waals surface area contributed by atoms with E-state index in [4.69, 9.17) is 0 Å². The lowest BCUT2D eigenvalue weighted by Gasteiger charge is -2.21. The van der Waals surface area contributed by atoms with E-state index < -0.39 is 6.17 Å². The molecule has 3 heterocycles. The number of carbonyl (C=O) groups excluding carboxylic acids is 2. The second kappa shape index (κ2) is 2.79. The Bertz CT molecular complexity index is 278. The van der Waals surface area contributed by atoms with Gasteiger partial charge < -0.3 is 0 Å². The molecule has 2 atom stereocenters. The first-order valence-corrected chi connectivity index (χ1v) is 4.21. The van der Waals surface area contributed by atoms with Crippen molar-refractivity contribution in [3.8, 4) is 0 Å². The van der Waals surface area contributed by atoms with Crippen LogP contribution in [0, 0.1) is 4.91 Å². The summed E-state index contributed by atoms with van der Waals surface area (Å²) in [7, 11) is 0. The molecule has 6 heteroatoms. The molecule has 3 fully saturated rings. The standard InChI is InChI=1S/C7H10N3O3/c11-4-9-6-2-1-5(3-7(9)12)10(13)8-6/h4-6H,1-3H2,(H,8,13)/q+1. The molecule has 0 spiro atoms. The third kappa shape index (κ3) is 1.18. The highest BCUT2D eigenvalue weighted by molar-refractivity contribution is 5.87. The molecule has 0 aromatic carbocycles. The fraction of sp³-hybridized carbons (Fsp3) is 0.714. The average Bonchev–Trinajstić information content (AvgIpc) is 2.30. The third-order valence-electron chi connectivity index (χ3n) is 2.53. The summed E-state index contributed by atoms with van der Waals surface area (Å²) in [5, 5.41) is 0. The fourth-order valence-electron chi connectivity index (χ4n) is 1.78. The lowest BCUT2D eigenvalue weighted by molar-refractivity contribution is -0.655. The summed E-state index contributed by atoms with van der Waals surface area (Å²) < 4.78 is 0. The first kappa shape index (κ1) is 8.15. The molecule has 3 aliphatic rings. The Balaban J connectivity index is 2.29. The molecule has 2 bridgehead atoms. The number of nitroso groups, excluding NO2 is 1. The van der Waals surface area contributed by atoms with Gasteiger partial charge in [0.1, 0.15) is 4.87 Å². The van der Waals surface area contributed by atoms with Gasteiger partial charge in [0, 0.05) is 6.42 Å². The van der Waals surface area contributed by atoms with E-state index in [1.54, 1.807) is 0 Å².